The van der Waals surface area contributed by atoms with Crippen LogP contribution in [0.15, 0.2) is 29.4 Å². The second-order valence-electron chi connectivity index (χ2n) is 4.40. The van der Waals surface area contributed by atoms with E-state index in [4.69, 9.17) is 11.5 Å². The van der Waals surface area contributed by atoms with Crippen LogP contribution in [-0.2, 0) is 6.42 Å². The van der Waals surface area contributed by atoms with E-state index in [0.29, 0.717) is 28.8 Å². The van der Waals surface area contributed by atoms with Crippen LogP contribution in [0, 0.1) is 5.82 Å². The first kappa shape index (κ1) is 14.6. The van der Waals surface area contributed by atoms with Gasteiger partial charge in [0.1, 0.15) is 5.82 Å². The standard InChI is InChI=1S/C14H17FN4S/c1-2-7-20-14-18-11(12(16)13(17)19-14)8-9-3-5-10(15)6-4-9/h3-6H,2,7-8,16H2,1H3,(H2,17,18,19). The van der Waals surface area contributed by atoms with E-state index in [1.54, 1.807) is 23.9 Å². The summed E-state index contributed by atoms with van der Waals surface area (Å²) in [5.74, 6) is 0.970. The number of rotatable bonds is 5. The molecule has 0 aliphatic heterocycles. The van der Waals surface area contributed by atoms with Crippen molar-refractivity contribution in [3.05, 3.63) is 41.3 Å². The number of benzene rings is 1. The summed E-state index contributed by atoms with van der Waals surface area (Å²) in [7, 11) is 0. The van der Waals surface area contributed by atoms with Gasteiger partial charge in [-0.3, -0.25) is 0 Å². The molecular weight excluding hydrogens is 275 g/mol. The summed E-state index contributed by atoms with van der Waals surface area (Å²) in [6.45, 7) is 2.09. The quantitative estimate of drug-likeness (QED) is 0.654. The molecule has 0 bridgehead atoms. The lowest BCUT2D eigenvalue weighted by atomic mass is 10.1. The van der Waals surface area contributed by atoms with Gasteiger partial charge in [-0.15, -0.1) is 0 Å². The normalized spacial score (nSPS) is 10.7. The zero-order valence-electron chi connectivity index (χ0n) is 11.3. The fourth-order valence-electron chi connectivity index (χ4n) is 1.70. The molecule has 1 aromatic heterocycles. The Hall–Kier alpha value is -1.82. The summed E-state index contributed by atoms with van der Waals surface area (Å²) in [4.78, 5) is 8.61. The van der Waals surface area contributed by atoms with E-state index in [-0.39, 0.29) is 5.82 Å². The number of nitrogens with zero attached hydrogens (tertiary/aromatic N) is 2. The number of hydrogen-bond acceptors (Lipinski definition) is 5. The lowest BCUT2D eigenvalue weighted by molar-refractivity contribution is 0.627. The van der Waals surface area contributed by atoms with Crippen LogP contribution >= 0.6 is 11.8 Å². The van der Waals surface area contributed by atoms with E-state index in [1.165, 1.54) is 12.1 Å². The molecule has 0 unspecified atom stereocenters. The minimum absolute atomic E-state index is 0.261. The molecule has 4 N–H and O–H groups in total. The van der Waals surface area contributed by atoms with Gasteiger partial charge in [-0.05, 0) is 24.1 Å². The monoisotopic (exact) mass is 292 g/mol. The van der Waals surface area contributed by atoms with Crippen LogP contribution in [0.4, 0.5) is 15.9 Å². The van der Waals surface area contributed by atoms with Gasteiger partial charge in [0.15, 0.2) is 11.0 Å². The number of nitrogen functional groups attached to an aromatic ring is 2. The third-order valence-corrected chi connectivity index (χ3v) is 3.81. The maximum absolute atomic E-state index is 12.9. The molecule has 6 heteroatoms. The van der Waals surface area contributed by atoms with Crippen LogP contribution in [0.3, 0.4) is 0 Å². The Labute approximate surface area is 121 Å². The van der Waals surface area contributed by atoms with Gasteiger partial charge in [-0.25, -0.2) is 14.4 Å². The average molecular weight is 292 g/mol. The third kappa shape index (κ3) is 3.60. The van der Waals surface area contributed by atoms with Gasteiger partial charge in [0, 0.05) is 12.2 Å². The highest BCUT2D eigenvalue weighted by Crippen LogP contribution is 2.24. The third-order valence-electron chi connectivity index (χ3n) is 2.75. The van der Waals surface area contributed by atoms with Crippen molar-refractivity contribution in [3.8, 4) is 0 Å². The first-order valence-corrected chi connectivity index (χ1v) is 7.37. The van der Waals surface area contributed by atoms with Crippen molar-refractivity contribution in [1.82, 2.24) is 9.97 Å². The van der Waals surface area contributed by atoms with Crippen molar-refractivity contribution in [3.63, 3.8) is 0 Å². The molecule has 0 aliphatic rings. The summed E-state index contributed by atoms with van der Waals surface area (Å²) in [5, 5.41) is 0.635. The van der Waals surface area contributed by atoms with Gasteiger partial charge >= 0.3 is 0 Å². The van der Waals surface area contributed by atoms with E-state index in [1.807, 2.05) is 0 Å². The number of aromatic nitrogens is 2. The molecule has 2 aromatic rings. The fourth-order valence-corrected chi connectivity index (χ4v) is 2.42. The molecule has 0 saturated heterocycles. The van der Waals surface area contributed by atoms with Crippen LogP contribution in [0.25, 0.3) is 0 Å². The lowest BCUT2D eigenvalue weighted by Gasteiger charge is -2.09. The first-order chi connectivity index (χ1) is 9.60. The highest BCUT2D eigenvalue weighted by molar-refractivity contribution is 7.99. The average Bonchev–Trinajstić information content (AvgIpc) is 2.44. The van der Waals surface area contributed by atoms with E-state index in [2.05, 4.69) is 16.9 Å². The van der Waals surface area contributed by atoms with E-state index in [0.717, 1.165) is 17.7 Å². The van der Waals surface area contributed by atoms with Gasteiger partial charge in [-0.2, -0.15) is 0 Å². The molecule has 0 fully saturated rings. The number of halogens is 1. The van der Waals surface area contributed by atoms with Gasteiger partial charge in [-0.1, -0.05) is 30.8 Å². The Morgan fingerprint density at radius 2 is 1.85 bits per heavy atom. The van der Waals surface area contributed by atoms with Crippen LogP contribution in [0.1, 0.15) is 24.6 Å². The molecule has 0 atom stereocenters. The lowest BCUT2D eigenvalue weighted by Crippen LogP contribution is -2.07. The highest BCUT2D eigenvalue weighted by Gasteiger charge is 2.10. The summed E-state index contributed by atoms with van der Waals surface area (Å²) in [6, 6.07) is 6.27. The minimum Gasteiger partial charge on any atom is -0.394 e. The maximum Gasteiger partial charge on any atom is 0.189 e. The Kier molecular flexibility index (Phi) is 4.79. The minimum atomic E-state index is -0.261. The number of hydrogen-bond donors (Lipinski definition) is 2. The van der Waals surface area contributed by atoms with Gasteiger partial charge < -0.3 is 11.5 Å². The van der Waals surface area contributed by atoms with Gasteiger partial charge in [0.2, 0.25) is 0 Å². The van der Waals surface area contributed by atoms with Crippen LogP contribution < -0.4 is 11.5 Å². The summed E-state index contributed by atoms with van der Waals surface area (Å²) in [6.07, 6.45) is 1.55. The van der Waals surface area contributed by atoms with Gasteiger partial charge in [0.05, 0.1) is 11.4 Å². The summed E-state index contributed by atoms with van der Waals surface area (Å²) < 4.78 is 12.9. The topological polar surface area (TPSA) is 77.8 Å². The van der Waals surface area contributed by atoms with Crippen molar-refractivity contribution < 1.29 is 4.39 Å². The molecule has 0 radical (unpaired) electrons. The molecular formula is C14H17FN4S. The van der Waals surface area contributed by atoms with E-state index < -0.39 is 0 Å². The largest absolute Gasteiger partial charge is 0.394 e. The number of nitrogens with two attached hydrogens (primary N) is 2. The van der Waals surface area contributed by atoms with Crippen molar-refractivity contribution >= 4 is 23.3 Å². The summed E-state index contributed by atoms with van der Waals surface area (Å²) >= 11 is 1.55. The number of thioether (sulfide) groups is 1. The molecule has 0 spiro atoms. The van der Waals surface area contributed by atoms with Gasteiger partial charge in [0.25, 0.3) is 0 Å². The Morgan fingerprint density at radius 1 is 1.15 bits per heavy atom. The molecule has 20 heavy (non-hydrogen) atoms. The Morgan fingerprint density at radius 3 is 2.50 bits per heavy atom. The Bertz CT molecular complexity index is 586. The molecule has 2 rings (SSSR count). The smallest absolute Gasteiger partial charge is 0.189 e. The maximum atomic E-state index is 12.9. The molecule has 1 heterocycles. The van der Waals surface area contributed by atoms with Crippen LogP contribution in [0.5, 0.6) is 0 Å². The predicted molar refractivity (Wildman–Crippen MR) is 81.1 cm³/mol. The molecule has 0 aliphatic carbocycles. The second-order valence-corrected chi connectivity index (χ2v) is 5.47. The van der Waals surface area contributed by atoms with Crippen molar-refractivity contribution in [1.29, 1.82) is 0 Å². The van der Waals surface area contributed by atoms with E-state index in [9.17, 15) is 4.39 Å². The van der Waals surface area contributed by atoms with Crippen molar-refractivity contribution in [2.24, 2.45) is 0 Å². The van der Waals surface area contributed by atoms with Crippen LogP contribution in [0.2, 0.25) is 0 Å². The molecule has 1 aromatic carbocycles. The first-order valence-electron chi connectivity index (χ1n) is 6.39. The highest BCUT2D eigenvalue weighted by atomic mass is 32.2. The van der Waals surface area contributed by atoms with E-state index >= 15 is 0 Å². The Balaban J connectivity index is 2.25. The van der Waals surface area contributed by atoms with Crippen LogP contribution in [-0.4, -0.2) is 15.7 Å². The molecule has 0 saturated carbocycles. The summed E-state index contributed by atoms with van der Waals surface area (Å²) in [5.41, 5.74) is 13.8. The number of anilines is 2. The molecule has 4 nitrogen and oxygen atoms in total. The SMILES string of the molecule is CCCSc1nc(N)c(N)c(Cc2ccc(F)cc2)n1. The fraction of sp³-hybridized carbons (Fsp3) is 0.286. The second kappa shape index (κ2) is 6.56. The predicted octanol–water partition coefficient (Wildman–Crippen LogP) is 2.87. The molecule has 0 amide bonds. The zero-order chi connectivity index (χ0) is 14.5. The van der Waals surface area contributed by atoms with Crippen molar-refractivity contribution in [2.45, 2.75) is 24.9 Å². The zero-order valence-corrected chi connectivity index (χ0v) is 12.1. The van der Waals surface area contributed by atoms with Crippen molar-refractivity contribution in [2.75, 3.05) is 17.2 Å². The molecule has 106 valence electrons.